The highest BCUT2D eigenvalue weighted by Crippen LogP contribution is 2.29. The van der Waals surface area contributed by atoms with Crippen LogP contribution in [0.5, 0.6) is 0 Å². The zero-order valence-electron chi connectivity index (χ0n) is 11.6. The van der Waals surface area contributed by atoms with Crippen molar-refractivity contribution in [3.05, 3.63) is 29.0 Å². The lowest BCUT2D eigenvalue weighted by atomic mass is 10.00. The molecule has 0 radical (unpaired) electrons. The number of rotatable bonds is 3. The number of benzene rings is 1. The zero-order chi connectivity index (χ0) is 14.9. The minimum atomic E-state index is -3.92. The van der Waals surface area contributed by atoms with E-state index in [1.54, 1.807) is 6.92 Å². The Hall–Kier alpha value is -0.400. The molecule has 120 valence electrons. The minimum Gasteiger partial charge on any atom is -0.326 e. The van der Waals surface area contributed by atoms with Gasteiger partial charge in [0.1, 0.15) is 10.7 Å². The molecular weight excluding hydrogens is 338 g/mol. The molecule has 2 atom stereocenters. The van der Waals surface area contributed by atoms with E-state index in [-0.39, 0.29) is 34.4 Å². The molecule has 1 fully saturated rings. The summed E-state index contributed by atoms with van der Waals surface area (Å²) < 4.78 is 40.5. The third-order valence-electron chi connectivity index (χ3n) is 3.59. The molecule has 1 heterocycles. The highest BCUT2D eigenvalue weighted by molar-refractivity contribution is 7.89. The number of hydrogen-bond donors (Lipinski definition) is 1. The number of nitrogens with two attached hydrogens (primary N) is 1. The second-order valence-corrected chi connectivity index (χ2v) is 7.41. The van der Waals surface area contributed by atoms with Crippen molar-refractivity contribution in [2.24, 2.45) is 5.73 Å². The molecule has 1 aromatic carbocycles. The summed E-state index contributed by atoms with van der Waals surface area (Å²) in [5.41, 5.74) is 5.87. The summed E-state index contributed by atoms with van der Waals surface area (Å²) in [6, 6.07) is 2.95. The standard InChI is InChI=1S/C13H18ClFN2O2S.ClH/c1-9(16)12-4-2-3-7-17(12)20(18,19)13-8-10(14)5-6-11(13)15;/h5-6,8-9,12H,2-4,7,16H2,1H3;1H. The Labute approximate surface area is 135 Å². The highest BCUT2D eigenvalue weighted by Gasteiger charge is 2.36. The molecule has 8 heteroatoms. The van der Waals surface area contributed by atoms with Crippen molar-refractivity contribution < 1.29 is 12.8 Å². The average Bonchev–Trinajstić information content (AvgIpc) is 2.41. The van der Waals surface area contributed by atoms with Crippen LogP contribution in [0.3, 0.4) is 0 Å². The SMILES string of the molecule is CC(N)C1CCCCN1S(=O)(=O)c1cc(Cl)ccc1F.Cl. The van der Waals surface area contributed by atoms with Crippen LogP contribution < -0.4 is 5.73 Å². The lowest BCUT2D eigenvalue weighted by molar-refractivity contribution is 0.226. The normalized spacial score (nSPS) is 21.6. The van der Waals surface area contributed by atoms with Gasteiger partial charge in [-0.3, -0.25) is 0 Å². The third-order valence-corrected chi connectivity index (χ3v) is 5.76. The Morgan fingerprint density at radius 3 is 2.71 bits per heavy atom. The number of halogens is 3. The molecule has 1 aromatic rings. The van der Waals surface area contributed by atoms with Gasteiger partial charge in [-0.1, -0.05) is 18.0 Å². The summed E-state index contributed by atoms with van der Waals surface area (Å²) >= 11 is 5.79. The molecule has 1 aliphatic heterocycles. The van der Waals surface area contributed by atoms with Crippen LogP contribution in [0.25, 0.3) is 0 Å². The van der Waals surface area contributed by atoms with Gasteiger partial charge < -0.3 is 5.73 Å². The fourth-order valence-corrected chi connectivity index (χ4v) is 4.66. The van der Waals surface area contributed by atoms with Crippen LogP contribution in [0.2, 0.25) is 5.02 Å². The summed E-state index contributed by atoms with van der Waals surface area (Å²) in [7, 11) is -3.92. The molecule has 2 unspecified atom stereocenters. The molecule has 21 heavy (non-hydrogen) atoms. The molecule has 0 aliphatic carbocycles. The van der Waals surface area contributed by atoms with Gasteiger partial charge in [0, 0.05) is 23.7 Å². The molecule has 0 amide bonds. The molecule has 1 aliphatic rings. The Balaban J connectivity index is 0.00000220. The maximum Gasteiger partial charge on any atom is 0.246 e. The van der Waals surface area contributed by atoms with E-state index in [1.807, 2.05) is 0 Å². The Morgan fingerprint density at radius 1 is 1.43 bits per heavy atom. The van der Waals surface area contributed by atoms with Gasteiger partial charge in [-0.25, -0.2) is 12.8 Å². The van der Waals surface area contributed by atoms with Crippen LogP contribution >= 0.6 is 24.0 Å². The average molecular weight is 357 g/mol. The van der Waals surface area contributed by atoms with Crippen LogP contribution in [-0.4, -0.2) is 31.4 Å². The predicted molar refractivity (Wildman–Crippen MR) is 83.8 cm³/mol. The molecule has 0 bridgehead atoms. The molecule has 1 saturated heterocycles. The summed E-state index contributed by atoms with van der Waals surface area (Å²) in [6.45, 7) is 2.13. The fourth-order valence-electron chi connectivity index (χ4n) is 2.56. The fraction of sp³-hybridized carbons (Fsp3) is 0.538. The van der Waals surface area contributed by atoms with Crippen LogP contribution in [-0.2, 0) is 10.0 Å². The summed E-state index contributed by atoms with van der Waals surface area (Å²) in [5, 5.41) is 0.194. The van der Waals surface area contributed by atoms with E-state index in [0.29, 0.717) is 13.0 Å². The molecule has 0 aromatic heterocycles. The van der Waals surface area contributed by atoms with Gasteiger partial charge in [0.15, 0.2) is 0 Å². The van der Waals surface area contributed by atoms with Crippen molar-refractivity contribution >= 4 is 34.0 Å². The monoisotopic (exact) mass is 356 g/mol. The smallest absolute Gasteiger partial charge is 0.246 e. The first kappa shape index (κ1) is 18.6. The van der Waals surface area contributed by atoms with Gasteiger partial charge in [-0.2, -0.15) is 4.31 Å². The van der Waals surface area contributed by atoms with E-state index in [0.717, 1.165) is 25.0 Å². The summed E-state index contributed by atoms with van der Waals surface area (Å²) in [6.07, 6.45) is 2.37. The first-order chi connectivity index (χ1) is 9.34. The van der Waals surface area contributed by atoms with Crippen molar-refractivity contribution in [1.82, 2.24) is 4.31 Å². The van der Waals surface area contributed by atoms with E-state index in [9.17, 15) is 12.8 Å². The second-order valence-electron chi connectivity index (χ2n) is 5.11. The van der Waals surface area contributed by atoms with Crippen molar-refractivity contribution in [3.63, 3.8) is 0 Å². The lowest BCUT2D eigenvalue weighted by Gasteiger charge is -2.36. The van der Waals surface area contributed by atoms with E-state index >= 15 is 0 Å². The predicted octanol–water partition coefficient (Wildman–Crippen LogP) is 2.79. The molecule has 4 nitrogen and oxygen atoms in total. The van der Waals surface area contributed by atoms with Gasteiger partial charge in [-0.15, -0.1) is 12.4 Å². The topological polar surface area (TPSA) is 63.4 Å². The van der Waals surface area contributed by atoms with Crippen LogP contribution in [0, 0.1) is 5.82 Å². The number of sulfonamides is 1. The Bertz CT molecular complexity index is 596. The molecule has 0 saturated carbocycles. The van der Waals surface area contributed by atoms with Gasteiger partial charge >= 0.3 is 0 Å². The highest BCUT2D eigenvalue weighted by atomic mass is 35.5. The lowest BCUT2D eigenvalue weighted by Crippen LogP contribution is -2.51. The van der Waals surface area contributed by atoms with Crippen molar-refractivity contribution in [2.75, 3.05) is 6.54 Å². The number of nitrogens with zero attached hydrogens (tertiary/aromatic N) is 1. The van der Waals surface area contributed by atoms with Gasteiger partial charge in [0.05, 0.1) is 0 Å². The van der Waals surface area contributed by atoms with Gasteiger partial charge in [0.2, 0.25) is 10.0 Å². The maximum absolute atomic E-state index is 13.9. The summed E-state index contributed by atoms with van der Waals surface area (Å²) in [5.74, 6) is -0.789. The van der Waals surface area contributed by atoms with E-state index in [4.69, 9.17) is 17.3 Å². The Morgan fingerprint density at radius 2 is 2.10 bits per heavy atom. The molecule has 2 rings (SSSR count). The maximum atomic E-state index is 13.9. The van der Waals surface area contributed by atoms with Crippen LogP contribution in [0.15, 0.2) is 23.1 Å². The van der Waals surface area contributed by atoms with Crippen LogP contribution in [0.4, 0.5) is 4.39 Å². The second kappa shape index (κ2) is 7.24. The van der Waals surface area contributed by atoms with Gasteiger partial charge in [-0.05, 0) is 38.0 Å². The van der Waals surface area contributed by atoms with E-state index < -0.39 is 15.8 Å². The third kappa shape index (κ3) is 3.87. The largest absolute Gasteiger partial charge is 0.326 e. The summed E-state index contributed by atoms with van der Waals surface area (Å²) in [4.78, 5) is -0.377. The molecule has 2 N–H and O–H groups in total. The Kier molecular flexibility index (Phi) is 6.43. The zero-order valence-corrected chi connectivity index (χ0v) is 14.0. The van der Waals surface area contributed by atoms with Crippen LogP contribution in [0.1, 0.15) is 26.2 Å². The van der Waals surface area contributed by atoms with Crippen molar-refractivity contribution in [2.45, 2.75) is 43.2 Å². The first-order valence-electron chi connectivity index (χ1n) is 6.56. The quantitative estimate of drug-likeness (QED) is 0.905. The number of hydrogen-bond acceptors (Lipinski definition) is 3. The minimum absolute atomic E-state index is 0. The van der Waals surface area contributed by atoms with Crippen molar-refractivity contribution in [3.8, 4) is 0 Å². The molecule has 0 spiro atoms. The number of piperidine rings is 1. The first-order valence-corrected chi connectivity index (χ1v) is 8.38. The van der Waals surface area contributed by atoms with Gasteiger partial charge in [0.25, 0.3) is 0 Å². The van der Waals surface area contributed by atoms with Crippen molar-refractivity contribution in [1.29, 1.82) is 0 Å². The van der Waals surface area contributed by atoms with E-state index in [2.05, 4.69) is 0 Å². The van der Waals surface area contributed by atoms with E-state index in [1.165, 1.54) is 10.4 Å². The molecular formula is C13H19Cl2FN2O2S.